The summed E-state index contributed by atoms with van der Waals surface area (Å²) in [6.45, 7) is 18.2. The van der Waals surface area contributed by atoms with Gasteiger partial charge in [-0.25, -0.2) is 0 Å². The maximum atomic E-state index is 12.8. The molecular weight excluding hydrogens is 468 g/mol. The van der Waals surface area contributed by atoms with Crippen LogP contribution in [0.1, 0.15) is 118 Å². The molecular formula is C35H52O3. The summed E-state index contributed by atoms with van der Waals surface area (Å²) in [6.07, 6.45) is 6.46. The molecule has 0 radical (unpaired) electrons. The molecule has 0 saturated heterocycles. The molecule has 3 rings (SSSR count). The molecule has 0 bridgehead atoms. The number of aryl methyl sites for hydroxylation is 4. The summed E-state index contributed by atoms with van der Waals surface area (Å²) in [5.74, 6) is 0.766. The van der Waals surface area contributed by atoms with Crippen LogP contribution in [0.4, 0.5) is 0 Å². The number of carbonyl (C=O) groups is 3. The number of Topliss-reactive ketones (excluding diaryl/α,β-unsaturated/α-hetero) is 3. The van der Waals surface area contributed by atoms with Gasteiger partial charge in [-0.3, -0.25) is 14.4 Å². The van der Waals surface area contributed by atoms with Crippen molar-refractivity contribution in [2.45, 2.75) is 114 Å². The van der Waals surface area contributed by atoms with Crippen LogP contribution in [0.25, 0.3) is 0 Å². The Morgan fingerprint density at radius 3 is 1.84 bits per heavy atom. The van der Waals surface area contributed by atoms with Crippen LogP contribution in [-0.2, 0) is 16.0 Å². The van der Waals surface area contributed by atoms with E-state index in [4.69, 9.17) is 0 Å². The third-order valence-electron chi connectivity index (χ3n) is 7.36. The number of fused-ring (bicyclic) bond motifs is 1. The van der Waals surface area contributed by atoms with E-state index in [-0.39, 0.29) is 35.6 Å². The third-order valence-corrected chi connectivity index (χ3v) is 7.36. The van der Waals surface area contributed by atoms with Crippen molar-refractivity contribution in [3.63, 3.8) is 0 Å². The van der Waals surface area contributed by atoms with E-state index in [9.17, 15) is 14.4 Å². The maximum absolute atomic E-state index is 12.8. The quantitative estimate of drug-likeness (QED) is 0.310. The van der Waals surface area contributed by atoms with E-state index >= 15 is 0 Å². The molecule has 210 valence electrons. The Morgan fingerprint density at radius 1 is 0.842 bits per heavy atom. The minimum Gasteiger partial charge on any atom is -0.300 e. The molecule has 0 heterocycles. The van der Waals surface area contributed by atoms with E-state index in [1.807, 2.05) is 19.9 Å². The molecule has 3 atom stereocenters. The van der Waals surface area contributed by atoms with Gasteiger partial charge in [-0.05, 0) is 82.4 Å². The number of hydrogen-bond donors (Lipinski definition) is 0. The van der Waals surface area contributed by atoms with E-state index in [2.05, 4.69) is 71.9 Å². The van der Waals surface area contributed by atoms with Crippen molar-refractivity contribution in [1.82, 2.24) is 0 Å². The van der Waals surface area contributed by atoms with Gasteiger partial charge < -0.3 is 0 Å². The molecule has 0 fully saturated rings. The Morgan fingerprint density at radius 2 is 1.37 bits per heavy atom. The van der Waals surface area contributed by atoms with Gasteiger partial charge in [0, 0.05) is 17.9 Å². The molecule has 3 unspecified atom stereocenters. The molecule has 0 aliphatic heterocycles. The van der Waals surface area contributed by atoms with E-state index in [1.165, 1.54) is 35.6 Å². The summed E-state index contributed by atoms with van der Waals surface area (Å²) in [6, 6.07) is 12.6. The Balaban J connectivity index is 0.000000545. The first-order valence-corrected chi connectivity index (χ1v) is 14.7. The average Bonchev–Trinajstić information content (AvgIpc) is 2.84. The number of rotatable bonds is 9. The lowest BCUT2D eigenvalue weighted by Gasteiger charge is -2.32. The van der Waals surface area contributed by atoms with Crippen LogP contribution in [0.2, 0.25) is 0 Å². The molecule has 3 nitrogen and oxygen atoms in total. The first kappa shape index (κ1) is 33.5. The van der Waals surface area contributed by atoms with Crippen molar-refractivity contribution >= 4 is 17.3 Å². The molecule has 0 aromatic heterocycles. The van der Waals surface area contributed by atoms with Crippen molar-refractivity contribution in [2.24, 2.45) is 17.8 Å². The fourth-order valence-electron chi connectivity index (χ4n) is 5.53. The zero-order chi connectivity index (χ0) is 28.8. The monoisotopic (exact) mass is 520 g/mol. The van der Waals surface area contributed by atoms with Crippen molar-refractivity contribution in [1.29, 1.82) is 0 Å². The number of benzene rings is 2. The fraction of sp³-hybridized carbons (Fsp3) is 0.571. The molecule has 0 spiro atoms. The molecule has 1 aliphatic carbocycles. The summed E-state index contributed by atoms with van der Waals surface area (Å²) in [4.78, 5) is 36.9. The van der Waals surface area contributed by atoms with Crippen LogP contribution in [0.15, 0.2) is 36.4 Å². The summed E-state index contributed by atoms with van der Waals surface area (Å²) < 4.78 is 0. The van der Waals surface area contributed by atoms with Crippen LogP contribution in [0, 0.1) is 45.4 Å². The fourth-order valence-corrected chi connectivity index (χ4v) is 5.53. The first-order valence-electron chi connectivity index (χ1n) is 14.7. The number of carbonyl (C=O) groups excluding carboxylic acids is 3. The molecule has 1 aliphatic rings. The van der Waals surface area contributed by atoms with Gasteiger partial charge in [0.1, 0.15) is 11.6 Å². The standard InChI is InChI=1S/C24H34O3.C8H10.C3H8/c1-6-8-19(20(7-2)22(26)11-17(5)25)12-18-13-21-15(3)9-10-16(4)24(21)23(27)14-18;1-7-3-5-8(2)6-4-7;1-3-2/h9-10,18-20H,6-8,11-14H2,1-5H3;3-6H,1-2H3;3H2,1-2H3. The van der Waals surface area contributed by atoms with E-state index in [1.54, 1.807) is 0 Å². The number of ketones is 3. The van der Waals surface area contributed by atoms with Crippen LogP contribution >= 0.6 is 0 Å². The molecule has 2 aromatic rings. The Labute approximate surface area is 232 Å². The lowest BCUT2D eigenvalue weighted by Crippen LogP contribution is -2.30. The summed E-state index contributed by atoms with van der Waals surface area (Å²) in [7, 11) is 0. The van der Waals surface area contributed by atoms with Crippen LogP contribution in [0.3, 0.4) is 0 Å². The summed E-state index contributed by atoms with van der Waals surface area (Å²) in [5, 5.41) is 0. The summed E-state index contributed by atoms with van der Waals surface area (Å²) >= 11 is 0. The Hall–Kier alpha value is -2.55. The van der Waals surface area contributed by atoms with Gasteiger partial charge in [0.25, 0.3) is 0 Å². The van der Waals surface area contributed by atoms with Crippen molar-refractivity contribution < 1.29 is 14.4 Å². The zero-order valence-corrected chi connectivity index (χ0v) is 25.6. The van der Waals surface area contributed by atoms with E-state index in [0.717, 1.165) is 43.2 Å². The zero-order valence-electron chi connectivity index (χ0n) is 25.6. The van der Waals surface area contributed by atoms with Crippen LogP contribution in [0.5, 0.6) is 0 Å². The first-order chi connectivity index (χ1) is 18.0. The highest BCUT2D eigenvalue weighted by molar-refractivity contribution is 6.00. The van der Waals surface area contributed by atoms with Gasteiger partial charge >= 0.3 is 0 Å². The highest BCUT2D eigenvalue weighted by Gasteiger charge is 2.33. The molecule has 2 aromatic carbocycles. The van der Waals surface area contributed by atoms with Crippen LogP contribution < -0.4 is 0 Å². The van der Waals surface area contributed by atoms with Gasteiger partial charge in [-0.15, -0.1) is 0 Å². The predicted octanol–water partition coefficient (Wildman–Crippen LogP) is 9.15. The molecule has 38 heavy (non-hydrogen) atoms. The van der Waals surface area contributed by atoms with E-state index < -0.39 is 0 Å². The second kappa shape index (κ2) is 17.1. The van der Waals surface area contributed by atoms with Crippen molar-refractivity contribution in [3.8, 4) is 0 Å². The smallest absolute Gasteiger partial charge is 0.163 e. The van der Waals surface area contributed by atoms with Crippen molar-refractivity contribution in [3.05, 3.63) is 69.8 Å². The lowest BCUT2D eigenvalue weighted by molar-refractivity contribution is -0.129. The number of hydrogen-bond acceptors (Lipinski definition) is 3. The van der Waals surface area contributed by atoms with Gasteiger partial charge in [0.15, 0.2) is 5.78 Å². The third kappa shape index (κ3) is 10.7. The van der Waals surface area contributed by atoms with E-state index in [0.29, 0.717) is 12.3 Å². The molecule has 0 amide bonds. The van der Waals surface area contributed by atoms with Crippen molar-refractivity contribution in [2.75, 3.05) is 0 Å². The second-order valence-corrected chi connectivity index (χ2v) is 11.3. The van der Waals surface area contributed by atoms with Gasteiger partial charge in [0.05, 0.1) is 6.42 Å². The minimum atomic E-state index is -0.0658. The average molecular weight is 521 g/mol. The topological polar surface area (TPSA) is 51.2 Å². The highest BCUT2D eigenvalue weighted by Crippen LogP contribution is 2.37. The second-order valence-electron chi connectivity index (χ2n) is 11.3. The molecule has 0 saturated carbocycles. The maximum Gasteiger partial charge on any atom is 0.163 e. The van der Waals surface area contributed by atoms with Crippen LogP contribution in [-0.4, -0.2) is 17.3 Å². The molecule has 0 N–H and O–H groups in total. The minimum absolute atomic E-state index is 0.0451. The normalized spacial score (nSPS) is 15.7. The highest BCUT2D eigenvalue weighted by atomic mass is 16.1. The van der Waals surface area contributed by atoms with Gasteiger partial charge in [0.2, 0.25) is 0 Å². The Kier molecular flexibility index (Phi) is 15.1. The predicted molar refractivity (Wildman–Crippen MR) is 161 cm³/mol. The Bertz CT molecular complexity index is 1010. The summed E-state index contributed by atoms with van der Waals surface area (Å²) in [5.41, 5.74) is 7.06. The SMILES string of the molecule is CCC.CCCC(CC1CC(=O)c2c(C)ccc(C)c2C1)C(CC)C(=O)CC(C)=O.Cc1ccc(C)cc1. The van der Waals surface area contributed by atoms with Gasteiger partial charge in [-0.1, -0.05) is 94.5 Å². The van der Waals surface area contributed by atoms with Gasteiger partial charge in [-0.2, -0.15) is 0 Å². The molecule has 3 heteroatoms. The lowest BCUT2D eigenvalue weighted by atomic mass is 9.71. The largest absolute Gasteiger partial charge is 0.300 e.